The Hall–Kier alpha value is -6.28. The highest BCUT2D eigenvalue weighted by Gasteiger charge is 2.17. The highest BCUT2D eigenvalue weighted by atomic mass is 16.6. The zero-order chi connectivity index (χ0) is 45.9. The molecule has 0 saturated carbocycles. The van der Waals surface area contributed by atoms with Crippen LogP contribution in [-0.4, -0.2) is 107 Å². The molecule has 0 aromatic heterocycles. The highest BCUT2D eigenvalue weighted by Crippen LogP contribution is 2.29. The smallest absolute Gasteiger partial charge is 0.407 e. The number of ether oxygens (including phenoxy) is 6. The first-order chi connectivity index (χ1) is 31.8. The second-order valence-corrected chi connectivity index (χ2v) is 15.5. The minimum absolute atomic E-state index is 0.240. The van der Waals surface area contributed by atoms with Gasteiger partial charge in [-0.2, -0.15) is 0 Å². The first kappa shape index (κ1) is 49.7. The fourth-order valence-electron chi connectivity index (χ4n) is 7.09. The molecule has 0 atom stereocenters. The van der Waals surface area contributed by atoms with Crippen molar-refractivity contribution in [2.75, 3.05) is 79.8 Å². The molecule has 0 bridgehead atoms. The van der Waals surface area contributed by atoms with E-state index in [1.54, 1.807) is 14.2 Å². The van der Waals surface area contributed by atoms with Gasteiger partial charge in [0.15, 0.2) is 23.0 Å². The van der Waals surface area contributed by atoms with Gasteiger partial charge in [-0.15, -0.1) is 0 Å². The lowest BCUT2D eigenvalue weighted by Crippen LogP contribution is -2.47. The van der Waals surface area contributed by atoms with Gasteiger partial charge in [-0.05, 0) is 71.6 Å². The van der Waals surface area contributed by atoms with E-state index in [1.165, 1.54) is 5.56 Å². The van der Waals surface area contributed by atoms with Crippen LogP contribution in [0.25, 0.3) is 0 Å². The molecule has 1 aliphatic heterocycles. The number of alkyl carbamates (subject to hydrolysis) is 2. The van der Waals surface area contributed by atoms with Crippen LogP contribution in [0.15, 0.2) is 127 Å². The first-order valence-electron chi connectivity index (χ1n) is 22.5. The van der Waals surface area contributed by atoms with Crippen LogP contribution in [0.2, 0.25) is 0 Å². The summed E-state index contributed by atoms with van der Waals surface area (Å²) in [5.74, 6) is 2.72. The number of amides is 2. The molecular weight excluding hydrogens is 823 g/mol. The fourth-order valence-corrected chi connectivity index (χ4v) is 7.09. The molecule has 2 amide bonds. The third-order valence-corrected chi connectivity index (χ3v) is 10.9. The molecule has 6 rings (SSSR count). The van der Waals surface area contributed by atoms with Crippen LogP contribution in [0.1, 0.15) is 48.1 Å². The van der Waals surface area contributed by atoms with E-state index in [2.05, 4.69) is 69.5 Å². The van der Waals surface area contributed by atoms with Gasteiger partial charge in [0.2, 0.25) is 0 Å². The van der Waals surface area contributed by atoms with E-state index in [0.29, 0.717) is 49.3 Å². The maximum atomic E-state index is 12.1. The van der Waals surface area contributed by atoms with Crippen LogP contribution >= 0.6 is 0 Å². The Bertz CT molecular complexity index is 2100. The summed E-state index contributed by atoms with van der Waals surface area (Å²) in [5.41, 5.74) is 5.09. The molecule has 13 heteroatoms. The van der Waals surface area contributed by atoms with Crippen LogP contribution < -0.4 is 29.6 Å². The van der Waals surface area contributed by atoms with E-state index >= 15 is 0 Å². The zero-order valence-electron chi connectivity index (χ0n) is 38.5. The van der Waals surface area contributed by atoms with Crippen molar-refractivity contribution in [2.24, 2.45) is 0 Å². The molecule has 13 nitrogen and oxygen atoms in total. The third kappa shape index (κ3) is 18.4. The van der Waals surface area contributed by atoms with Gasteiger partial charge in [0.1, 0.15) is 19.8 Å². The number of methoxy groups -OCH3 is 2. The number of hydrogen-bond acceptors (Lipinski definition) is 11. The Morgan fingerprint density at radius 1 is 0.538 bits per heavy atom. The summed E-state index contributed by atoms with van der Waals surface area (Å²) in [7, 11) is 3.25. The Balaban J connectivity index is 0.000000250. The average Bonchev–Trinajstić information content (AvgIpc) is 3.35. The number of carbonyl (C=O) groups is 2. The Morgan fingerprint density at radius 2 is 0.985 bits per heavy atom. The lowest BCUT2D eigenvalue weighted by atomic mass is 10.2. The number of nitrogens with zero attached hydrogens (tertiary/aromatic N) is 3. The molecule has 1 heterocycles. The number of rotatable bonds is 23. The standard InChI is InChI=1S/C29H35N3O4.C23H32N2O4/c1-34-27-13-12-26(21-30-29(33)36-23-25-10-6-3-7-11-25)20-28(27)35-19-18-31-14-16-32(17-15-31)22-24-8-4-2-5-9-24;1-4-25(5-2)14-9-15-28-22-16-20(12-13-21(22)27-3)17-24-23(26)29-18-19-10-7-6-8-11-19/h2-13,20H,14-19,21-23H2,1H3,(H,30,33);6-8,10-13,16H,4-5,9,14-15,17-18H2,1-3H3,(H,24,26). The number of nitrogens with one attached hydrogen (secondary N) is 2. The van der Waals surface area contributed by atoms with Gasteiger partial charge in [-0.3, -0.25) is 9.80 Å². The van der Waals surface area contributed by atoms with Gasteiger partial charge < -0.3 is 44.0 Å². The van der Waals surface area contributed by atoms with Crippen molar-refractivity contribution in [1.82, 2.24) is 25.3 Å². The summed E-state index contributed by atoms with van der Waals surface area (Å²) >= 11 is 0. The lowest BCUT2D eigenvalue weighted by Gasteiger charge is -2.34. The van der Waals surface area contributed by atoms with Crippen molar-refractivity contribution in [3.63, 3.8) is 0 Å². The molecule has 348 valence electrons. The van der Waals surface area contributed by atoms with E-state index < -0.39 is 12.2 Å². The minimum atomic E-state index is -0.455. The predicted octanol–water partition coefficient (Wildman–Crippen LogP) is 8.55. The van der Waals surface area contributed by atoms with Gasteiger partial charge in [0.25, 0.3) is 0 Å². The normalized spacial score (nSPS) is 12.6. The Kier molecular flexibility index (Phi) is 21.8. The number of hydrogen-bond donors (Lipinski definition) is 2. The molecule has 0 unspecified atom stereocenters. The average molecular weight is 890 g/mol. The van der Waals surface area contributed by atoms with Crippen molar-refractivity contribution in [3.05, 3.63) is 155 Å². The summed E-state index contributed by atoms with van der Waals surface area (Å²) in [6, 6.07) is 41.2. The largest absolute Gasteiger partial charge is 0.493 e. The monoisotopic (exact) mass is 889 g/mol. The van der Waals surface area contributed by atoms with Gasteiger partial charge in [0.05, 0.1) is 20.8 Å². The maximum Gasteiger partial charge on any atom is 0.407 e. The fraction of sp³-hybridized carbons (Fsp3) is 0.385. The van der Waals surface area contributed by atoms with Crippen molar-refractivity contribution >= 4 is 12.2 Å². The van der Waals surface area contributed by atoms with Crippen molar-refractivity contribution in [1.29, 1.82) is 0 Å². The van der Waals surface area contributed by atoms with E-state index in [9.17, 15) is 9.59 Å². The third-order valence-electron chi connectivity index (χ3n) is 10.9. The van der Waals surface area contributed by atoms with E-state index in [1.807, 2.05) is 97.1 Å². The van der Waals surface area contributed by atoms with Crippen LogP contribution in [0.5, 0.6) is 23.0 Å². The predicted molar refractivity (Wildman–Crippen MR) is 254 cm³/mol. The molecule has 0 radical (unpaired) electrons. The van der Waals surface area contributed by atoms with Crippen molar-refractivity contribution in [3.8, 4) is 23.0 Å². The van der Waals surface area contributed by atoms with Gasteiger partial charge >= 0.3 is 12.2 Å². The summed E-state index contributed by atoms with van der Waals surface area (Å²) in [5, 5.41) is 5.56. The van der Waals surface area contributed by atoms with Gasteiger partial charge in [0, 0.05) is 58.9 Å². The quantitative estimate of drug-likeness (QED) is 0.0614. The molecule has 1 fully saturated rings. The van der Waals surface area contributed by atoms with E-state index in [-0.39, 0.29) is 13.2 Å². The summed E-state index contributed by atoms with van der Waals surface area (Å²) in [4.78, 5) is 31.3. The molecule has 0 aliphatic carbocycles. The summed E-state index contributed by atoms with van der Waals surface area (Å²) < 4.78 is 33.4. The summed E-state index contributed by atoms with van der Waals surface area (Å²) in [6.07, 6.45) is 0.0361. The minimum Gasteiger partial charge on any atom is -0.493 e. The Morgan fingerprint density at radius 3 is 1.45 bits per heavy atom. The molecule has 5 aromatic rings. The van der Waals surface area contributed by atoms with Gasteiger partial charge in [-0.25, -0.2) is 9.59 Å². The second kappa shape index (κ2) is 28.5. The van der Waals surface area contributed by atoms with Crippen molar-refractivity contribution in [2.45, 2.75) is 53.1 Å². The Labute approximate surface area is 385 Å². The molecule has 1 aliphatic rings. The number of benzene rings is 5. The van der Waals surface area contributed by atoms with Crippen LogP contribution in [0, 0.1) is 0 Å². The van der Waals surface area contributed by atoms with Crippen LogP contribution in [0.4, 0.5) is 9.59 Å². The van der Waals surface area contributed by atoms with E-state index in [0.717, 1.165) is 87.6 Å². The molecular formula is C52H67N5O8. The zero-order valence-corrected chi connectivity index (χ0v) is 38.5. The molecule has 0 spiro atoms. The SMILES string of the molecule is CCN(CC)CCCOc1cc(CNC(=O)OCc2ccccc2)ccc1OC.COc1ccc(CNC(=O)OCc2ccccc2)cc1OCCN1CCN(Cc2ccccc2)CC1. The first-order valence-corrected chi connectivity index (χ1v) is 22.5. The summed E-state index contributed by atoms with van der Waals surface area (Å²) in [6.45, 7) is 15.8. The lowest BCUT2D eigenvalue weighted by molar-refractivity contribution is 0.112. The topological polar surface area (TPSA) is 123 Å². The second-order valence-electron chi connectivity index (χ2n) is 15.5. The molecule has 2 N–H and O–H groups in total. The highest BCUT2D eigenvalue weighted by molar-refractivity contribution is 5.67. The van der Waals surface area contributed by atoms with Crippen molar-refractivity contribution < 1.29 is 38.0 Å². The molecule has 65 heavy (non-hydrogen) atoms. The van der Waals surface area contributed by atoms with E-state index in [4.69, 9.17) is 28.4 Å². The number of carbonyl (C=O) groups excluding carboxylic acids is 2. The maximum absolute atomic E-state index is 12.1. The van der Waals surface area contributed by atoms with Gasteiger partial charge in [-0.1, -0.05) is 117 Å². The molecule has 1 saturated heterocycles. The van der Waals surface area contributed by atoms with Crippen LogP contribution in [-0.2, 0) is 42.3 Å². The number of piperazine rings is 1. The van der Waals surface area contributed by atoms with Crippen LogP contribution in [0.3, 0.4) is 0 Å². The molecule has 5 aromatic carbocycles.